The zero-order chi connectivity index (χ0) is 11.7. The second kappa shape index (κ2) is 4.48. The molecule has 0 unspecified atom stereocenters. The van der Waals surface area contributed by atoms with E-state index in [1.54, 1.807) is 0 Å². The molecule has 0 amide bonds. The van der Waals surface area contributed by atoms with Crippen molar-refractivity contribution in [1.29, 1.82) is 0 Å². The van der Waals surface area contributed by atoms with Crippen LogP contribution in [0.1, 0.15) is 37.8 Å². The molecule has 0 spiro atoms. The molecule has 1 aliphatic carbocycles. The molecule has 0 aliphatic heterocycles. The van der Waals surface area contributed by atoms with Gasteiger partial charge in [-0.3, -0.25) is 0 Å². The van der Waals surface area contributed by atoms with Crippen LogP contribution in [0.5, 0.6) is 0 Å². The largest absolute Gasteiger partial charge is 0.382 e. The average Bonchev–Trinajstić information content (AvgIpc) is 2.15. The fourth-order valence-electron chi connectivity index (χ4n) is 2.44. The van der Waals surface area contributed by atoms with E-state index >= 15 is 0 Å². The standard InChI is InChI=1S/C15H23N/c1-10(2)13-8-14(9-13)16-15-7-11(3)5-6-12(15)4/h5-7,10,13-14,16H,8-9H2,1-4H3. The van der Waals surface area contributed by atoms with E-state index in [0.717, 1.165) is 11.8 Å². The first-order chi connectivity index (χ1) is 7.56. The molecule has 16 heavy (non-hydrogen) atoms. The van der Waals surface area contributed by atoms with Gasteiger partial charge in [0.15, 0.2) is 0 Å². The lowest BCUT2D eigenvalue weighted by molar-refractivity contribution is 0.212. The van der Waals surface area contributed by atoms with E-state index in [4.69, 9.17) is 0 Å². The Hall–Kier alpha value is -0.980. The number of anilines is 1. The lowest BCUT2D eigenvalue weighted by atomic mass is 9.73. The monoisotopic (exact) mass is 217 g/mol. The Balaban J connectivity index is 1.94. The summed E-state index contributed by atoms with van der Waals surface area (Å²) >= 11 is 0. The van der Waals surface area contributed by atoms with Crippen LogP contribution in [0.3, 0.4) is 0 Å². The molecule has 1 aliphatic rings. The van der Waals surface area contributed by atoms with E-state index in [2.05, 4.69) is 51.2 Å². The molecule has 1 N–H and O–H groups in total. The highest BCUT2D eigenvalue weighted by molar-refractivity contribution is 5.53. The first-order valence-electron chi connectivity index (χ1n) is 6.40. The predicted molar refractivity (Wildman–Crippen MR) is 70.9 cm³/mol. The van der Waals surface area contributed by atoms with Crippen molar-refractivity contribution in [1.82, 2.24) is 0 Å². The van der Waals surface area contributed by atoms with Crippen molar-refractivity contribution < 1.29 is 0 Å². The van der Waals surface area contributed by atoms with Crippen LogP contribution in [-0.4, -0.2) is 6.04 Å². The average molecular weight is 217 g/mol. The van der Waals surface area contributed by atoms with Crippen LogP contribution < -0.4 is 5.32 Å². The molecule has 0 atom stereocenters. The molecule has 1 nitrogen and oxygen atoms in total. The second-order valence-corrected chi connectivity index (χ2v) is 5.64. The summed E-state index contributed by atoms with van der Waals surface area (Å²) in [6.07, 6.45) is 2.68. The second-order valence-electron chi connectivity index (χ2n) is 5.64. The number of nitrogens with one attached hydrogen (secondary N) is 1. The molecule has 0 radical (unpaired) electrons. The third-order valence-corrected chi connectivity index (χ3v) is 3.87. The van der Waals surface area contributed by atoms with Gasteiger partial charge in [0.2, 0.25) is 0 Å². The van der Waals surface area contributed by atoms with Crippen molar-refractivity contribution in [3.05, 3.63) is 29.3 Å². The van der Waals surface area contributed by atoms with Gasteiger partial charge in [0.1, 0.15) is 0 Å². The lowest BCUT2D eigenvalue weighted by Crippen LogP contribution is -2.38. The topological polar surface area (TPSA) is 12.0 Å². The summed E-state index contributed by atoms with van der Waals surface area (Å²) in [6.45, 7) is 9.00. The predicted octanol–water partition coefficient (Wildman–Crippen LogP) is 4.15. The summed E-state index contributed by atoms with van der Waals surface area (Å²) in [4.78, 5) is 0. The van der Waals surface area contributed by atoms with Crippen molar-refractivity contribution in [2.75, 3.05) is 5.32 Å². The molecule has 88 valence electrons. The molecule has 0 bridgehead atoms. The minimum absolute atomic E-state index is 0.702. The van der Waals surface area contributed by atoms with Gasteiger partial charge in [-0.15, -0.1) is 0 Å². The SMILES string of the molecule is Cc1ccc(C)c(NC2CC(C(C)C)C2)c1. The van der Waals surface area contributed by atoms with Crippen molar-refractivity contribution in [2.24, 2.45) is 11.8 Å². The zero-order valence-corrected chi connectivity index (χ0v) is 10.9. The van der Waals surface area contributed by atoms with Crippen LogP contribution in [0.4, 0.5) is 5.69 Å². The molecule has 1 saturated carbocycles. The fourth-order valence-corrected chi connectivity index (χ4v) is 2.44. The quantitative estimate of drug-likeness (QED) is 0.802. The molecular formula is C15H23N. The number of aryl methyl sites for hydroxylation is 2. The Morgan fingerprint density at radius 3 is 2.50 bits per heavy atom. The molecule has 1 aromatic carbocycles. The van der Waals surface area contributed by atoms with Crippen LogP contribution in [0.2, 0.25) is 0 Å². The molecule has 0 heterocycles. The maximum absolute atomic E-state index is 3.67. The molecule has 0 saturated heterocycles. The van der Waals surface area contributed by atoms with Crippen molar-refractivity contribution in [3.8, 4) is 0 Å². The van der Waals surface area contributed by atoms with E-state index in [-0.39, 0.29) is 0 Å². The van der Waals surface area contributed by atoms with Gasteiger partial charge in [-0.25, -0.2) is 0 Å². The van der Waals surface area contributed by atoms with Gasteiger partial charge in [0, 0.05) is 11.7 Å². The lowest BCUT2D eigenvalue weighted by Gasteiger charge is -2.39. The van der Waals surface area contributed by atoms with E-state index in [1.165, 1.54) is 29.7 Å². The maximum atomic E-state index is 3.67. The van der Waals surface area contributed by atoms with E-state index in [9.17, 15) is 0 Å². The number of rotatable bonds is 3. The highest BCUT2D eigenvalue weighted by Crippen LogP contribution is 2.36. The first-order valence-corrected chi connectivity index (χ1v) is 6.40. The van der Waals surface area contributed by atoms with Crippen LogP contribution in [0, 0.1) is 25.7 Å². The number of hydrogen-bond acceptors (Lipinski definition) is 1. The molecule has 2 rings (SSSR count). The smallest absolute Gasteiger partial charge is 0.0374 e. The Labute approximate surface area is 99.3 Å². The van der Waals surface area contributed by atoms with Crippen molar-refractivity contribution >= 4 is 5.69 Å². The summed E-state index contributed by atoms with van der Waals surface area (Å²) in [7, 11) is 0. The van der Waals surface area contributed by atoms with Crippen LogP contribution in [0.25, 0.3) is 0 Å². The van der Waals surface area contributed by atoms with Crippen LogP contribution in [-0.2, 0) is 0 Å². The summed E-state index contributed by atoms with van der Waals surface area (Å²) in [6, 6.07) is 7.35. The van der Waals surface area contributed by atoms with Gasteiger partial charge in [0.05, 0.1) is 0 Å². The fraction of sp³-hybridized carbons (Fsp3) is 0.600. The van der Waals surface area contributed by atoms with Gasteiger partial charge < -0.3 is 5.32 Å². The Morgan fingerprint density at radius 2 is 1.88 bits per heavy atom. The van der Waals surface area contributed by atoms with E-state index < -0.39 is 0 Å². The van der Waals surface area contributed by atoms with Crippen LogP contribution >= 0.6 is 0 Å². The normalized spacial score (nSPS) is 24.3. The summed E-state index contributed by atoms with van der Waals surface area (Å²) in [5.74, 6) is 1.78. The molecular weight excluding hydrogens is 194 g/mol. The van der Waals surface area contributed by atoms with Gasteiger partial charge in [-0.05, 0) is 55.7 Å². The van der Waals surface area contributed by atoms with Gasteiger partial charge in [-0.2, -0.15) is 0 Å². The Bertz CT molecular complexity index is 362. The van der Waals surface area contributed by atoms with Crippen molar-refractivity contribution in [3.63, 3.8) is 0 Å². The molecule has 0 aromatic heterocycles. The highest BCUT2D eigenvalue weighted by Gasteiger charge is 2.31. The Morgan fingerprint density at radius 1 is 1.19 bits per heavy atom. The highest BCUT2D eigenvalue weighted by atomic mass is 14.9. The van der Waals surface area contributed by atoms with Gasteiger partial charge in [-0.1, -0.05) is 26.0 Å². The third-order valence-electron chi connectivity index (χ3n) is 3.87. The molecule has 1 fully saturated rings. The first kappa shape index (κ1) is 11.5. The molecule has 1 heteroatoms. The number of benzene rings is 1. The maximum Gasteiger partial charge on any atom is 0.0374 e. The molecule has 1 aromatic rings. The summed E-state index contributed by atoms with van der Waals surface area (Å²) < 4.78 is 0. The summed E-state index contributed by atoms with van der Waals surface area (Å²) in [5, 5.41) is 3.67. The zero-order valence-electron chi connectivity index (χ0n) is 10.9. The number of hydrogen-bond donors (Lipinski definition) is 1. The third kappa shape index (κ3) is 2.40. The summed E-state index contributed by atoms with van der Waals surface area (Å²) in [5.41, 5.74) is 4.03. The minimum Gasteiger partial charge on any atom is -0.382 e. The van der Waals surface area contributed by atoms with Gasteiger partial charge >= 0.3 is 0 Å². The Kier molecular flexibility index (Phi) is 3.22. The van der Waals surface area contributed by atoms with Gasteiger partial charge in [0.25, 0.3) is 0 Å². The van der Waals surface area contributed by atoms with Crippen LogP contribution in [0.15, 0.2) is 18.2 Å². The van der Waals surface area contributed by atoms with Crippen molar-refractivity contribution in [2.45, 2.75) is 46.6 Å². The minimum atomic E-state index is 0.702. The van der Waals surface area contributed by atoms with E-state index in [1.807, 2.05) is 0 Å². The van der Waals surface area contributed by atoms with E-state index in [0.29, 0.717) is 6.04 Å².